The molecule has 0 heterocycles. The second-order valence-electron chi connectivity index (χ2n) is 4.95. The van der Waals surface area contributed by atoms with E-state index in [1.165, 1.54) is 12.1 Å². The summed E-state index contributed by atoms with van der Waals surface area (Å²) in [6, 6.07) is 8.61. The van der Waals surface area contributed by atoms with Gasteiger partial charge in [0.05, 0.1) is 12.5 Å². The maximum absolute atomic E-state index is 13.4. The van der Waals surface area contributed by atoms with E-state index in [9.17, 15) is 4.39 Å². The number of nitrogens with two attached hydrogens (primary N) is 1. The fraction of sp³-hybridized carbons (Fsp3) is 0.533. The van der Waals surface area contributed by atoms with E-state index in [-0.39, 0.29) is 23.9 Å². The summed E-state index contributed by atoms with van der Waals surface area (Å²) in [5, 5.41) is 8.81. The molecule has 0 aliphatic carbocycles. The van der Waals surface area contributed by atoms with Gasteiger partial charge in [0.1, 0.15) is 5.82 Å². The Kier molecular flexibility index (Phi) is 5.94. The van der Waals surface area contributed by atoms with Gasteiger partial charge in [0.2, 0.25) is 0 Å². The molecule has 4 heteroatoms. The van der Waals surface area contributed by atoms with Gasteiger partial charge in [0.15, 0.2) is 0 Å². The highest BCUT2D eigenvalue weighted by molar-refractivity contribution is 5.22. The third kappa shape index (κ3) is 4.02. The van der Waals surface area contributed by atoms with Gasteiger partial charge in [-0.2, -0.15) is 5.26 Å². The number of nitrogens with zero attached hydrogens (tertiary/aromatic N) is 2. The van der Waals surface area contributed by atoms with Crippen LogP contribution < -0.4 is 5.73 Å². The zero-order chi connectivity index (χ0) is 14.4. The van der Waals surface area contributed by atoms with Crippen LogP contribution in [0.1, 0.15) is 38.3 Å². The Morgan fingerprint density at radius 2 is 2.16 bits per heavy atom. The first-order chi connectivity index (χ1) is 9.01. The Bertz CT molecular complexity index is 441. The third-order valence-corrected chi connectivity index (χ3v) is 3.59. The Balaban J connectivity index is 3.05. The van der Waals surface area contributed by atoms with E-state index < -0.39 is 0 Å². The summed E-state index contributed by atoms with van der Waals surface area (Å²) in [7, 11) is 1.94. The predicted octanol–water partition coefficient (Wildman–Crippen LogP) is 2.84. The van der Waals surface area contributed by atoms with Crippen molar-refractivity contribution in [3.8, 4) is 6.07 Å². The van der Waals surface area contributed by atoms with Crippen LogP contribution in [-0.2, 0) is 0 Å². The monoisotopic (exact) mass is 263 g/mol. The van der Waals surface area contributed by atoms with Gasteiger partial charge in [-0.15, -0.1) is 0 Å². The Morgan fingerprint density at radius 3 is 2.68 bits per heavy atom. The van der Waals surface area contributed by atoms with Gasteiger partial charge in [0, 0.05) is 18.1 Å². The summed E-state index contributed by atoms with van der Waals surface area (Å²) in [4.78, 5) is 2.06. The number of rotatable bonds is 6. The van der Waals surface area contributed by atoms with Crippen LogP contribution in [-0.4, -0.2) is 24.0 Å². The maximum atomic E-state index is 13.4. The van der Waals surface area contributed by atoms with Crippen LogP contribution in [0.3, 0.4) is 0 Å². The summed E-state index contributed by atoms with van der Waals surface area (Å²) in [6.45, 7) is 4.00. The lowest BCUT2D eigenvalue weighted by atomic mass is 9.95. The summed E-state index contributed by atoms with van der Waals surface area (Å²) in [5.74, 6) is -0.257. The van der Waals surface area contributed by atoms with Crippen LogP contribution in [0, 0.1) is 17.1 Å². The van der Waals surface area contributed by atoms with Gasteiger partial charge in [-0.1, -0.05) is 19.1 Å². The van der Waals surface area contributed by atoms with Gasteiger partial charge in [-0.25, -0.2) is 4.39 Å². The minimum atomic E-state index is -0.257. The van der Waals surface area contributed by atoms with Gasteiger partial charge >= 0.3 is 0 Å². The molecule has 1 rings (SSSR count). The van der Waals surface area contributed by atoms with Crippen molar-refractivity contribution in [2.75, 3.05) is 7.05 Å². The molecule has 0 saturated carbocycles. The van der Waals surface area contributed by atoms with Crippen LogP contribution in [0.2, 0.25) is 0 Å². The van der Waals surface area contributed by atoms with Crippen molar-refractivity contribution in [3.63, 3.8) is 0 Å². The van der Waals surface area contributed by atoms with Crippen molar-refractivity contribution in [2.45, 2.75) is 44.8 Å². The van der Waals surface area contributed by atoms with Gasteiger partial charge in [-0.3, -0.25) is 4.90 Å². The molecule has 0 aliphatic rings. The largest absolute Gasteiger partial charge is 0.326 e. The molecule has 1 aromatic carbocycles. The summed E-state index contributed by atoms with van der Waals surface area (Å²) < 4.78 is 13.4. The normalized spacial score (nSPS) is 15.8. The van der Waals surface area contributed by atoms with E-state index in [1.807, 2.05) is 27.0 Å². The molecule has 0 aliphatic heterocycles. The summed E-state index contributed by atoms with van der Waals surface area (Å²) in [6.07, 6.45) is 1.23. The zero-order valence-corrected chi connectivity index (χ0v) is 11.8. The van der Waals surface area contributed by atoms with E-state index in [1.54, 1.807) is 6.07 Å². The topological polar surface area (TPSA) is 53.0 Å². The molecule has 3 nitrogen and oxygen atoms in total. The molecular weight excluding hydrogens is 241 g/mol. The molecule has 0 bridgehead atoms. The van der Waals surface area contributed by atoms with E-state index in [4.69, 9.17) is 11.0 Å². The second kappa shape index (κ2) is 7.22. The zero-order valence-electron chi connectivity index (χ0n) is 11.8. The lowest BCUT2D eigenvalue weighted by molar-refractivity contribution is 0.160. The lowest BCUT2D eigenvalue weighted by Crippen LogP contribution is -2.42. The van der Waals surface area contributed by atoms with Crippen molar-refractivity contribution in [1.29, 1.82) is 5.26 Å². The fourth-order valence-electron chi connectivity index (χ4n) is 2.25. The summed E-state index contributed by atoms with van der Waals surface area (Å²) >= 11 is 0. The van der Waals surface area contributed by atoms with Crippen molar-refractivity contribution in [1.82, 2.24) is 4.90 Å². The first-order valence-corrected chi connectivity index (χ1v) is 6.61. The lowest BCUT2D eigenvalue weighted by Gasteiger charge is -2.36. The number of halogens is 1. The number of benzene rings is 1. The van der Waals surface area contributed by atoms with E-state index >= 15 is 0 Å². The second-order valence-corrected chi connectivity index (χ2v) is 4.95. The van der Waals surface area contributed by atoms with Crippen LogP contribution in [0.5, 0.6) is 0 Å². The number of likely N-dealkylation sites (N-methyl/N-ethyl adjacent to an activating group) is 1. The Labute approximate surface area is 114 Å². The first-order valence-electron chi connectivity index (χ1n) is 6.61. The number of hydrogen-bond acceptors (Lipinski definition) is 3. The molecule has 3 atom stereocenters. The fourth-order valence-corrected chi connectivity index (χ4v) is 2.25. The molecule has 0 spiro atoms. The molecule has 0 aromatic heterocycles. The molecule has 19 heavy (non-hydrogen) atoms. The van der Waals surface area contributed by atoms with Gasteiger partial charge in [-0.05, 0) is 38.1 Å². The maximum Gasteiger partial charge on any atom is 0.123 e. The molecule has 2 N–H and O–H groups in total. The van der Waals surface area contributed by atoms with Gasteiger partial charge in [0.25, 0.3) is 0 Å². The van der Waals surface area contributed by atoms with Gasteiger partial charge < -0.3 is 5.73 Å². The molecule has 0 radical (unpaired) electrons. The molecular formula is C15H22FN3. The minimum Gasteiger partial charge on any atom is -0.326 e. The van der Waals surface area contributed by atoms with E-state index in [2.05, 4.69) is 11.0 Å². The first kappa shape index (κ1) is 15.6. The highest BCUT2D eigenvalue weighted by Crippen LogP contribution is 2.26. The SMILES string of the molecule is CCC(N)C(c1cccc(F)c1)N(C)C(C)CC#N. The van der Waals surface area contributed by atoms with Crippen molar-refractivity contribution < 1.29 is 4.39 Å². The van der Waals surface area contributed by atoms with Crippen LogP contribution in [0.25, 0.3) is 0 Å². The Morgan fingerprint density at radius 1 is 1.47 bits per heavy atom. The van der Waals surface area contributed by atoms with Crippen molar-refractivity contribution >= 4 is 0 Å². The quantitative estimate of drug-likeness (QED) is 0.858. The molecule has 0 fully saturated rings. The number of nitriles is 1. The molecule has 3 unspecified atom stereocenters. The number of hydrogen-bond donors (Lipinski definition) is 1. The average Bonchev–Trinajstić information content (AvgIpc) is 2.39. The van der Waals surface area contributed by atoms with E-state index in [0.29, 0.717) is 6.42 Å². The van der Waals surface area contributed by atoms with Crippen LogP contribution >= 0.6 is 0 Å². The average molecular weight is 263 g/mol. The molecule has 104 valence electrons. The molecule has 1 aromatic rings. The standard InChI is InChI=1S/C15H22FN3/c1-4-14(18)15(19(3)11(2)8-9-17)12-6-5-7-13(16)10-12/h5-7,10-11,14-15H,4,8,18H2,1-3H3. The Hall–Kier alpha value is -1.44. The molecule has 0 amide bonds. The highest BCUT2D eigenvalue weighted by atomic mass is 19.1. The summed E-state index contributed by atoms with van der Waals surface area (Å²) in [5.41, 5.74) is 7.05. The third-order valence-electron chi connectivity index (χ3n) is 3.59. The van der Waals surface area contributed by atoms with E-state index in [0.717, 1.165) is 12.0 Å². The minimum absolute atomic E-state index is 0.0795. The van der Waals surface area contributed by atoms with Crippen molar-refractivity contribution in [2.24, 2.45) is 5.73 Å². The van der Waals surface area contributed by atoms with Crippen molar-refractivity contribution in [3.05, 3.63) is 35.6 Å². The molecule has 0 saturated heterocycles. The van der Waals surface area contributed by atoms with Crippen LogP contribution in [0.15, 0.2) is 24.3 Å². The smallest absolute Gasteiger partial charge is 0.123 e. The highest BCUT2D eigenvalue weighted by Gasteiger charge is 2.26. The predicted molar refractivity (Wildman–Crippen MR) is 74.9 cm³/mol. The van der Waals surface area contributed by atoms with Crippen LogP contribution in [0.4, 0.5) is 4.39 Å².